The molecule has 3 atom stereocenters. The number of aliphatic hydroxyl groups is 1. The molecule has 1 aliphatic rings. The fourth-order valence-corrected chi connectivity index (χ4v) is 3.27. The third kappa shape index (κ3) is 3.20. The topological polar surface area (TPSA) is 60.8 Å². The SMILES string of the molecule is CCCC(O)N(C(=O)O)[C@H]1C[C@H]1c1ccccc1I. The number of aliphatic hydroxyl groups excluding tert-OH is 1. The Balaban J connectivity index is 2.11. The number of hydrogen-bond acceptors (Lipinski definition) is 2. The molecule has 5 heteroatoms. The monoisotopic (exact) mass is 375 g/mol. The minimum atomic E-state index is -1.03. The van der Waals surface area contributed by atoms with Gasteiger partial charge in [-0.3, -0.25) is 4.90 Å². The summed E-state index contributed by atoms with van der Waals surface area (Å²) >= 11 is 2.27. The highest BCUT2D eigenvalue weighted by molar-refractivity contribution is 14.1. The highest BCUT2D eigenvalue weighted by Gasteiger charge is 2.47. The third-order valence-corrected chi connectivity index (χ3v) is 4.49. The van der Waals surface area contributed by atoms with Crippen LogP contribution in [-0.4, -0.2) is 33.5 Å². The summed E-state index contributed by atoms with van der Waals surface area (Å²) in [6, 6.07) is 7.93. The first-order valence-corrected chi connectivity index (χ1v) is 7.57. The van der Waals surface area contributed by atoms with E-state index >= 15 is 0 Å². The number of rotatable bonds is 5. The summed E-state index contributed by atoms with van der Waals surface area (Å²) in [5, 5.41) is 19.2. The van der Waals surface area contributed by atoms with E-state index in [9.17, 15) is 15.0 Å². The summed E-state index contributed by atoms with van der Waals surface area (Å²) in [6.07, 6.45) is 0.137. The minimum absolute atomic E-state index is 0.0880. The lowest BCUT2D eigenvalue weighted by atomic mass is 10.1. The average molecular weight is 375 g/mol. The molecule has 4 nitrogen and oxygen atoms in total. The number of carboxylic acid groups (broad SMARTS) is 1. The van der Waals surface area contributed by atoms with E-state index in [1.54, 1.807) is 0 Å². The van der Waals surface area contributed by atoms with Crippen molar-refractivity contribution in [1.82, 2.24) is 4.90 Å². The molecule has 1 unspecified atom stereocenters. The second-order valence-electron chi connectivity index (χ2n) is 4.89. The highest BCUT2D eigenvalue weighted by atomic mass is 127. The molecule has 1 aromatic rings. The van der Waals surface area contributed by atoms with E-state index in [1.807, 2.05) is 31.2 Å². The van der Waals surface area contributed by atoms with Crippen molar-refractivity contribution >= 4 is 28.7 Å². The van der Waals surface area contributed by atoms with E-state index in [1.165, 1.54) is 10.5 Å². The molecule has 0 heterocycles. The van der Waals surface area contributed by atoms with Crippen LogP contribution in [0, 0.1) is 3.57 Å². The van der Waals surface area contributed by atoms with Crippen LogP contribution < -0.4 is 0 Å². The maximum Gasteiger partial charge on any atom is 0.409 e. The van der Waals surface area contributed by atoms with Gasteiger partial charge in [0, 0.05) is 15.5 Å². The molecule has 1 amide bonds. The molecule has 0 spiro atoms. The first-order chi connectivity index (χ1) is 9.06. The second kappa shape index (κ2) is 6.09. The Labute approximate surface area is 126 Å². The first kappa shape index (κ1) is 14.6. The second-order valence-corrected chi connectivity index (χ2v) is 6.05. The predicted molar refractivity (Wildman–Crippen MR) is 81.1 cm³/mol. The molecule has 1 saturated carbocycles. The number of benzene rings is 1. The van der Waals surface area contributed by atoms with Gasteiger partial charge in [-0.05, 0) is 47.1 Å². The van der Waals surface area contributed by atoms with Gasteiger partial charge in [0.25, 0.3) is 0 Å². The Hall–Kier alpha value is -0.820. The number of nitrogens with zero attached hydrogens (tertiary/aromatic N) is 1. The molecule has 0 aromatic heterocycles. The Kier molecular flexibility index (Phi) is 4.67. The summed E-state index contributed by atoms with van der Waals surface area (Å²) in [7, 11) is 0. The first-order valence-electron chi connectivity index (χ1n) is 6.50. The van der Waals surface area contributed by atoms with Gasteiger partial charge in [-0.1, -0.05) is 31.5 Å². The lowest BCUT2D eigenvalue weighted by Crippen LogP contribution is -2.41. The summed E-state index contributed by atoms with van der Waals surface area (Å²) in [4.78, 5) is 12.5. The van der Waals surface area contributed by atoms with Crippen molar-refractivity contribution < 1.29 is 15.0 Å². The molecule has 1 aromatic carbocycles. The lowest BCUT2D eigenvalue weighted by molar-refractivity contribution is 0.000793. The van der Waals surface area contributed by atoms with E-state index in [0.717, 1.165) is 16.4 Å². The third-order valence-electron chi connectivity index (χ3n) is 3.51. The van der Waals surface area contributed by atoms with Gasteiger partial charge in [-0.25, -0.2) is 4.79 Å². The number of carbonyl (C=O) groups is 1. The highest BCUT2D eigenvalue weighted by Crippen LogP contribution is 2.46. The quantitative estimate of drug-likeness (QED) is 0.614. The standard InChI is InChI=1S/C14H18INO3/c1-2-5-13(17)16(14(18)19)12-8-10(12)9-6-3-4-7-11(9)15/h3-4,6-7,10,12-13,17H,2,5,8H2,1H3,(H,18,19)/t10-,12-,13?/m0/s1. The van der Waals surface area contributed by atoms with Crippen LogP contribution in [0.3, 0.4) is 0 Å². The Morgan fingerprint density at radius 3 is 2.79 bits per heavy atom. The van der Waals surface area contributed by atoms with Crippen LogP contribution >= 0.6 is 22.6 Å². The maximum atomic E-state index is 11.3. The van der Waals surface area contributed by atoms with E-state index in [-0.39, 0.29) is 12.0 Å². The van der Waals surface area contributed by atoms with E-state index in [4.69, 9.17) is 0 Å². The molecule has 0 saturated heterocycles. The van der Waals surface area contributed by atoms with E-state index in [2.05, 4.69) is 22.6 Å². The number of amides is 1. The van der Waals surface area contributed by atoms with Crippen molar-refractivity contribution in [2.75, 3.05) is 0 Å². The van der Waals surface area contributed by atoms with Crippen molar-refractivity contribution in [2.45, 2.75) is 44.4 Å². The summed E-state index contributed by atoms with van der Waals surface area (Å²) in [5.74, 6) is 0.218. The van der Waals surface area contributed by atoms with Gasteiger partial charge in [0.15, 0.2) is 0 Å². The van der Waals surface area contributed by atoms with Gasteiger partial charge < -0.3 is 10.2 Å². The van der Waals surface area contributed by atoms with Crippen LogP contribution in [0.5, 0.6) is 0 Å². The maximum absolute atomic E-state index is 11.3. The molecule has 0 radical (unpaired) electrons. The van der Waals surface area contributed by atoms with Crippen molar-refractivity contribution in [3.05, 3.63) is 33.4 Å². The zero-order valence-corrected chi connectivity index (χ0v) is 12.9. The predicted octanol–water partition coefficient (Wildman–Crippen LogP) is 3.25. The molecule has 2 rings (SSSR count). The number of halogens is 1. The molecular formula is C14H18INO3. The Morgan fingerprint density at radius 2 is 2.21 bits per heavy atom. The fraction of sp³-hybridized carbons (Fsp3) is 0.500. The zero-order chi connectivity index (χ0) is 14.0. The van der Waals surface area contributed by atoms with Crippen molar-refractivity contribution in [3.63, 3.8) is 0 Å². The van der Waals surface area contributed by atoms with Gasteiger partial charge in [0.2, 0.25) is 0 Å². The smallest absolute Gasteiger partial charge is 0.409 e. The summed E-state index contributed by atoms with van der Waals surface area (Å²) in [6.45, 7) is 1.94. The number of hydrogen-bond donors (Lipinski definition) is 2. The van der Waals surface area contributed by atoms with Crippen molar-refractivity contribution in [2.24, 2.45) is 0 Å². The van der Waals surface area contributed by atoms with Crippen LogP contribution in [0.25, 0.3) is 0 Å². The van der Waals surface area contributed by atoms with Gasteiger partial charge in [-0.2, -0.15) is 0 Å². The lowest BCUT2D eigenvalue weighted by Gasteiger charge is -2.25. The van der Waals surface area contributed by atoms with Gasteiger partial charge in [0.1, 0.15) is 6.23 Å². The molecule has 19 heavy (non-hydrogen) atoms. The Bertz CT molecular complexity index is 466. The zero-order valence-electron chi connectivity index (χ0n) is 10.8. The van der Waals surface area contributed by atoms with Crippen LogP contribution in [-0.2, 0) is 0 Å². The van der Waals surface area contributed by atoms with Gasteiger partial charge in [-0.15, -0.1) is 0 Å². The van der Waals surface area contributed by atoms with Crippen LogP contribution in [0.15, 0.2) is 24.3 Å². The van der Waals surface area contributed by atoms with Crippen LogP contribution in [0.1, 0.15) is 37.7 Å². The molecular weight excluding hydrogens is 357 g/mol. The summed E-state index contributed by atoms with van der Waals surface area (Å²) < 4.78 is 1.16. The normalized spacial score (nSPS) is 22.9. The van der Waals surface area contributed by atoms with E-state index in [0.29, 0.717) is 6.42 Å². The molecule has 0 aliphatic heterocycles. The largest absolute Gasteiger partial charge is 0.465 e. The van der Waals surface area contributed by atoms with Crippen molar-refractivity contribution in [3.8, 4) is 0 Å². The van der Waals surface area contributed by atoms with E-state index < -0.39 is 12.3 Å². The molecule has 1 aliphatic carbocycles. The van der Waals surface area contributed by atoms with Gasteiger partial charge >= 0.3 is 6.09 Å². The summed E-state index contributed by atoms with van der Waals surface area (Å²) in [5.41, 5.74) is 1.18. The molecule has 2 N–H and O–H groups in total. The molecule has 0 bridgehead atoms. The molecule has 104 valence electrons. The fourth-order valence-electron chi connectivity index (χ4n) is 2.49. The Morgan fingerprint density at radius 1 is 1.53 bits per heavy atom. The van der Waals surface area contributed by atoms with Crippen molar-refractivity contribution in [1.29, 1.82) is 0 Å². The van der Waals surface area contributed by atoms with Gasteiger partial charge in [0.05, 0.1) is 0 Å². The van der Waals surface area contributed by atoms with Crippen LogP contribution in [0.2, 0.25) is 0 Å². The van der Waals surface area contributed by atoms with Crippen LogP contribution in [0.4, 0.5) is 4.79 Å². The molecule has 1 fully saturated rings. The minimum Gasteiger partial charge on any atom is -0.465 e. The average Bonchev–Trinajstić information content (AvgIpc) is 3.09.